The lowest BCUT2D eigenvalue weighted by Gasteiger charge is -2.42. The highest BCUT2D eigenvalue weighted by atomic mass is 35.5. The summed E-state index contributed by atoms with van der Waals surface area (Å²) in [6.07, 6.45) is 3.74. The Labute approximate surface area is 224 Å². The molecule has 2 aromatic carbocycles. The van der Waals surface area contributed by atoms with E-state index in [2.05, 4.69) is 0 Å². The number of allylic oxidation sites excluding steroid dienone is 6. The number of hydrogen-bond donors (Lipinski definition) is 1. The van der Waals surface area contributed by atoms with E-state index in [1.807, 2.05) is 6.08 Å². The standard InChI is InChI=1S/C30H24ClNO6/c1-14-11-24(34)27-22(28(14)35)13-20-18(25(27)21-12-17(38-2)7-10-23(21)33)8-9-19-26(20)30(37)32(29(19)36)16-5-3-15(31)4-6-16/h3-8,10-12,19-20,25-26,33H,9,13H2,1-2H3/t19-,20+,25+,26-/m0/s1. The van der Waals surface area contributed by atoms with Crippen molar-refractivity contribution in [3.05, 3.63) is 87.5 Å². The Balaban J connectivity index is 1.51. The number of halogens is 1. The minimum atomic E-state index is -0.743. The third kappa shape index (κ3) is 3.49. The number of ketones is 2. The van der Waals surface area contributed by atoms with Gasteiger partial charge in [0.15, 0.2) is 11.6 Å². The molecule has 1 saturated heterocycles. The SMILES string of the molecule is COc1ccc(O)c([C@H]2C3=CC[C@@H]4C(=O)N(c5ccc(Cl)cc5)C(=O)[C@@H]4[C@@H]3CC3=C2C(=O)C=C(C)C3=O)c1. The summed E-state index contributed by atoms with van der Waals surface area (Å²) in [7, 11) is 1.50. The Kier molecular flexibility index (Phi) is 5.65. The van der Waals surface area contributed by atoms with Crippen molar-refractivity contribution in [3.8, 4) is 11.5 Å². The first-order valence-corrected chi connectivity index (χ1v) is 12.8. The first-order chi connectivity index (χ1) is 18.2. The van der Waals surface area contributed by atoms with E-state index in [0.29, 0.717) is 45.2 Å². The Hall–Kier alpha value is -3.97. The van der Waals surface area contributed by atoms with Crippen LogP contribution in [0.3, 0.4) is 0 Å². The van der Waals surface area contributed by atoms with Gasteiger partial charge in [0, 0.05) is 33.2 Å². The summed E-state index contributed by atoms with van der Waals surface area (Å²) in [5, 5.41) is 11.4. The number of ether oxygens (including phenoxy) is 1. The molecule has 2 amide bonds. The number of nitrogens with zero attached hydrogens (tertiary/aromatic N) is 1. The van der Waals surface area contributed by atoms with E-state index in [1.165, 1.54) is 24.2 Å². The number of carbonyl (C=O) groups excluding carboxylic acids is 4. The van der Waals surface area contributed by atoms with Gasteiger partial charge in [0.1, 0.15) is 11.5 Å². The van der Waals surface area contributed by atoms with Crippen molar-refractivity contribution >= 4 is 40.7 Å². The largest absolute Gasteiger partial charge is 0.508 e. The fourth-order valence-electron chi connectivity index (χ4n) is 6.47. The van der Waals surface area contributed by atoms with Crippen LogP contribution < -0.4 is 9.64 Å². The van der Waals surface area contributed by atoms with Crippen molar-refractivity contribution in [1.82, 2.24) is 0 Å². The molecule has 0 unspecified atom stereocenters. The molecular formula is C30H24ClNO6. The van der Waals surface area contributed by atoms with Gasteiger partial charge in [-0.15, -0.1) is 0 Å². The van der Waals surface area contributed by atoms with Gasteiger partial charge >= 0.3 is 0 Å². The van der Waals surface area contributed by atoms with E-state index in [9.17, 15) is 24.3 Å². The molecule has 0 aromatic heterocycles. The van der Waals surface area contributed by atoms with Crippen LogP contribution in [0.4, 0.5) is 5.69 Å². The van der Waals surface area contributed by atoms with Crippen molar-refractivity contribution in [1.29, 1.82) is 0 Å². The Morgan fingerprint density at radius 3 is 2.45 bits per heavy atom. The van der Waals surface area contributed by atoms with Crippen LogP contribution >= 0.6 is 11.6 Å². The number of imide groups is 1. The number of anilines is 1. The second kappa shape index (κ2) is 8.81. The predicted molar refractivity (Wildman–Crippen MR) is 140 cm³/mol. The van der Waals surface area contributed by atoms with E-state index < -0.39 is 23.7 Å². The second-order valence-corrected chi connectivity index (χ2v) is 10.6. The highest BCUT2D eigenvalue weighted by Gasteiger charge is 2.56. The average Bonchev–Trinajstić information content (AvgIpc) is 3.17. The number of hydrogen-bond acceptors (Lipinski definition) is 6. The molecule has 4 atom stereocenters. The van der Waals surface area contributed by atoms with E-state index in [4.69, 9.17) is 16.3 Å². The molecule has 1 N–H and O–H groups in total. The van der Waals surface area contributed by atoms with Gasteiger partial charge in [0.2, 0.25) is 11.8 Å². The zero-order chi connectivity index (χ0) is 26.9. The maximum absolute atomic E-state index is 13.9. The normalized spacial score (nSPS) is 26.6. The van der Waals surface area contributed by atoms with Crippen molar-refractivity contribution in [2.75, 3.05) is 12.0 Å². The Morgan fingerprint density at radius 1 is 1.00 bits per heavy atom. The highest BCUT2D eigenvalue weighted by molar-refractivity contribution is 6.31. The molecule has 0 spiro atoms. The van der Waals surface area contributed by atoms with E-state index >= 15 is 0 Å². The lowest BCUT2D eigenvalue weighted by Crippen LogP contribution is -2.39. The van der Waals surface area contributed by atoms with Crippen molar-refractivity contribution in [3.63, 3.8) is 0 Å². The zero-order valence-electron chi connectivity index (χ0n) is 20.7. The number of amides is 2. The lowest BCUT2D eigenvalue weighted by molar-refractivity contribution is -0.123. The van der Waals surface area contributed by atoms with Crippen molar-refractivity contribution in [2.45, 2.75) is 25.7 Å². The quantitative estimate of drug-likeness (QED) is 0.352. The van der Waals surface area contributed by atoms with Gasteiger partial charge < -0.3 is 9.84 Å². The van der Waals surface area contributed by atoms with Crippen LogP contribution in [-0.4, -0.2) is 35.6 Å². The molecule has 6 rings (SSSR count). The summed E-state index contributed by atoms with van der Waals surface area (Å²) >= 11 is 6.02. The zero-order valence-corrected chi connectivity index (χ0v) is 21.5. The van der Waals surface area contributed by atoms with E-state index in [1.54, 1.807) is 43.3 Å². The third-order valence-electron chi connectivity index (χ3n) is 8.19. The second-order valence-electron chi connectivity index (χ2n) is 10.1. The Morgan fingerprint density at radius 2 is 1.74 bits per heavy atom. The predicted octanol–water partition coefficient (Wildman–Crippen LogP) is 4.69. The van der Waals surface area contributed by atoms with Gasteiger partial charge in [0.05, 0.1) is 24.6 Å². The number of methoxy groups -OCH3 is 1. The number of phenols is 1. The fourth-order valence-corrected chi connectivity index (χ4v) is 6.60. The molecular weight excluding hydrogens is 506 g/mol. The minimum absolute atomic E-state index is 0.0468. The maximum Gasteiger partial charge on any atom is 0.238 e. The minimum Gasteiger partial charge on any atom is -0.508 e. The molecule has 7 nitrogen and oxygen atoms in total. The number of aromatic hydroxyl groups is 1. The summed E-state index contributed by atoms with van der Waals surface area (Å²) in [5.74, 6) is -3.24. The summed E-state index contributed by atoms with van der Waals surface area (Å²) in [6, 6.07) is 11.3. The lowest BCUT2D eigenvalue weighted by atomic mass is 9.59. The summed E-state index contributed by atoms with van der Waals surface area (Å²) in [5.41, 5.74) is 2.62. The van der Waals surface area contributed by atoms with Crippen molar-refractivity contribution < 1.29 is 29.0 Å². The van der Waals surface area contributed by atoms with Crippen molar-refractivity contribution in [2.24, 2.45) is 17.8 Å². The molecule has 0 bridgehead atoms. The molecule has 3 aliphatic carbocycles. The van der Waals surface area contributed by atoms with Crippen LogP contribution in [0.1, 0.15) is 31.2 Å². The summed E-state index contributed by atoms with van der Waals surface area (Å²) in [6.45, 7) is 1.60. The molecule has 8 heteroatoms. The third-order valence-corrected chi connectivity index (χ3v) is 8.44. The molecule has 1 fully saturated rings. The first kappa shape index (κ1) is 24.4. The number of benzene rings is 2. The van der Waals surface area contributed by atoms with Crippen LogP contribution in [0.25, 0.3) is 0 Å². The van der Waals surface area contributed by atoms with Crippen LogP contribution in [0.15, 0.2) is 76.9 Å². The monoisotopic (exact) mass is 529 g/mol. The van der Waals surface area contributed by atoms with E-state index in [0.717, 1.165) is 5.57 Å². The van der Waals surface area contributed by atoms with Gasteiger partial charge in [-0.2, -0.15) is 0 Å². The molecule has 192 valence electrons. The van der Waals surface area contributed by atoms with Gasteiger partial charge in [-0.3, -0.25) is 24.1 Å². The topological polar surface area (TPSA) is 101 Å². The number of carbonyl (C=O) groups is 4. The Bertz CT molecular complexity index is 1530. The maximum atomic E-state index is 13.9. The molecule has 1 aliphatic heterocycles. The molecule has 38 heavy (non-hydrogen) atoms. The smallest absolute Gasteiger partial charge is 0.238 e. The average molecular weight is 530 g/mol. The van der Waals surface area contributed by atoms with Crippen LogP contribution in [0.5, 0.6) is 11.5 Å². The van der Waals surface area contributed by atoms with Gasteiger partial charge in [0.25, 0.3) is 0 Å². The number of fused-ring (bicyclic) bond motifs is 3. The summed E-state index contributed by atoms with van der Waals surface area (Å²) < 4.78 is 5.38. The van der Waals surface area contributed by atoms with Gasteiger partial charge in [-0.05, 0) is 74.2 Å². The van der Waals surface area contributed by atoms with Crippen LogP contribution in [0.2, 0.25) is 5.02 Å². The first-order valence-electron chi connectivity index (χ1n) is 12.4. The number of Topliss-reactive ketones (excluding diaryl/α,β-unsaturated/α-hetero) is 1. The molecule has 1 heterocycles. The number of phenolic OH excluding ortho intramolecular Hbond substituents is 1. The molecule has 0 saturated carbocycles. The van der Waals surface area contributed by atoms with Gasteiger partial charge in [-0.25, -0.2) is 0 Å². The van der Waals surface area contributed by atoms with Gasteiger partial charge in [-0.1, -0.05) is 23.3 Å². The highest BCUT2D eigenvalue weighted by Crippen LogP contribution is 2.56. The van der Waals surface area contributed by atoms with Crippen LogP contribution in [0, 0.1) is 17.8 Å². The molecule has 4 aliphatic rings. The number of rotatable bonds is 3. The molecule has 0 radical (unpaired) electrons. The molecule has 2 aromatic rings. The fraction of sp³-hybridized carbons (Fsp3) is 0.267. The van der Waals surface area contributed by atoms with E-state index in [-0.39, 0.29) is 35.6 Å². The summed E-state index contributed by atoms with van der Waals surface area (Å²) in [4.78, 5) is 55.3. The van der Waals surface area contributed by atoms with Crippen LogP contribution in [-0.2, 0) is 19.2 Å².